The maximum atomic E-state index is 13.5. The van der Waals surface area contributed by atoms with Gasteiger partial charge >= 0.3 is 0 Å². The van der Waals surface area contributed by atoms with Crippen LogP contribution in [0.4, 0.5) is 4.39 Å². The van der Waals surface area contributed by atoms with Gasteiger partial charge in [0, 0.05) is 18.5 Å². The molecule has 0 bridgehead atoms. The van der Waals surface area contributed by atoms with Gasteiger partial charge in [0.25, 0.3) is 0 Å². The number of ketones is 1. The highest BCUT2D eigenvalue weighted by molar-refractivity contribution is 5.87. The molecule has 3 nitrogen and oxygen atoms in total. The van der Waals surface area contributed by atoms with Gasteiger partial charge in [-0.3, -0.25) is 4.79 Å². The van der Waals surface area contributed by atoms with Gasteiger partial charge in [-0.15, -0.1) is 0 Å². The molecule has 1 N–H and O–H groups in total. The zero-order valence-electron chi connectivity index (χ0n) is 12.9. The Morgan fingerprint density at radius 2 is 1.95 bits per heavy atom. The van der Waals surface area contributed by atoms with Gasteiger partial charge < -0.3 is 10.1 Å². The van der Waals surface area contributed by atoms with Gasteiger partial charge in [0.15, 0.2) is 11.6 Å². The van der Waals surface area contributed by atoms with E-state index in [9.17, 15) is 9.18 Å². The molecule has 1 aromatic carbocycles. The number of carbonyl (C=O) groups excluding carboxylic acids is 1. The molecule has 20 heavy (non-hydrogen) atoms. The van der Waals surface area contributed by atoms with E-state index in [0.29, 0.717) is 12.6 Å². The van der Waals surface area contributed by atoms with Crippen molar-refractivity contribution in [2.24, 2.45) is 5.92 Å². The monoisotopic (exact) mass is 281 g/mol. The maximum Gasteiger partial charge on any atom is 0.165 e. The molecule has 4 heteroatoms. The predicted octanol–water partition coefficient (Wildman–Crippen LogP) is 3.14. The van der Waals surface area contributed by atoms with Crippen LogP contribution in [0.3, 0.4) is 0 Å². The standard InChI is InChI=1S/C16H24FNO2/c1-10(2)16(19)13(9-18-11(3)4)12-6-7-14(17)15(8-12)20-5/h6-8,10-11,13,18H,9H2,1-5H3/t13-/m1/s1. The van der Waals surface area contributed by atoms with E-state index in [-0.39, 0.29) is 23.4 Å². The minimum atomic E-state index is -0.413. The van der Waals surface area contributed by atoms with E-state index in [2.05, 4.69) is 5.32 Å². The van der Waals surface area contributed by atoms with E-state index in [1.54, 1.807) is 12.1 Å². The van der Waals surface area contributed by atoms with E-state index < -0.39 is 5.82 Å². The molecule has 1 rings (SSSR count). The second-order valence-corrected chi connectivity index (χ2v) is 5.57. The predicted molar refractivity (Wildman–Crippen MR) is 78.7 cm³/mol. The smallest absolute Gasteiger partial charge is 0.165 e. The molecule has 0 saturated heterocycles. The van der Waals surface area contributed by atoms with Crippen LogP contribution in [-0.4, -0.2) is 25.5 Å². The Kier molecular flexibility index (Phi) is 6.14. The number of nitrogens with one attached hydrogen (secondary N) is 1. The van der Waals surface area contributed by atoms with Crippen LogP contribution in [0.1, 0.15) is 39.2 Å². The number of carbonyl (C=O) groups is 1. The van der Waals surface area contributed by atoms with Crippen LogP contribution < -0.4 is 10.1 Å². The molecule has 0 amide bonds. The molecule has 1 aromatic rings. The molecule has 0 unspecified atom stereocenters. The summed E-state index contributed by atoms with van der Waals surface area (Å²) >= 11 is 0. The van der Waals surface area contributed by atoms with Crippen molar-refractivity contribution in [3.8, 4) is 5.75 Å². The van der Waals surface area contributed by atoms with Gasteiger partial charge in [-0.05, 0) is 17.7 Å². The molecule has 0 fully saturated rings. The molecular weight excluding hydrogens is 257 g/mol. The first-order valence-corrected chi connectivity index (χ1v) is 6.97. The van der Waals surface area contributed by atoms with Gasteiger partial charge in [-0.25, -0.2) is 4.39 Å². The average molecular weight is 281 g/mol. The highest BCUT2D eigenvalue weighted by Crippen LogP contribution is 2.26. The summed E-state index contributed by atoms with van der Waals surface area (Å²) in [5.41, 5.74) is 0.787. The minimum absolute atomic E-state index is 0.0648. The molecule has 0 spiro atoms. The lowest BCUT2D eigenvalue weighted by Crippen LogP contribution is -2.33. The third kappa shape index (κ3) is 4.30. The van der Waals surface area contributed by atoms with E-state index in [0.717, 1.165) is 5.56 Å². The fourth-order valence-electron chi connectivity index (χ4n) is 2.03. The first kappa shape index (κ1) is 16.6. The summed E-state index contributed by atoms with van der Waals surface area (Å²) < 4.78 is 18.5. The number of halogens is 1. The van der Waals surface area contributed by atoms with Gasteiger partial charge in [0.1, 0.15) is 5.78 Å². The quantitative estimate of drug-likeness (QED) is 0.834. The molecule has 112 valence electrons. The van der Waals surface area contributed by atoms with Crippen LogP contribution in [0, 0.1) is 11.7 Å². The maximum absolute atomic E-state index is 13.5. The number of rotatable bonds is 7. The van der Waals surface area contributed by atoms with Crippen molar-refractivity contribution < 1.29 is 13.9 Å². The highest BCUT2D eigenvalue weighted by atomic mass is 19.1. The molecule has 1 atom stereocenters. The van der Waals surface area contributed by atoms with Crippen molar-refractivity contribution in [2.75, 3.05) is 13.7 Å². The second-order valence-electron chi connectivity index (χ2n) is 5.57. The fourth-order valence-corrected chi connectivity index (χ4v) is 2.03. The topological polar surface area (TPSA) is 38.3 Å². The van der Waals surface area contributed by atoms with Crippen molar-refractivity contribution >= 4 is 5.78 Å². The zero-order chi connectivity index (χ0) is 15.3. The van der Waals surface area contributed by atoms with Gasteiger partial charge in [-0.2, -0.15) is 0 Å². The number of benzene rings is 1. The molecule has 0 aromatic heterocycles. The summed E-state index contributed by atoms with van der Waals surface area (Å²) in [5, 5.41) is 3.28. The highest BCUT2D eigenvalue weighted by Gasteiger charge is 2.24. The molecule has 0 radical (unpaired) electrons. The number of hydrogen-bond donors (Lipinski definition) is 1. The van der Waals surface area contributed by atoms with E-state index in [4.69, 9.17) is 4.74 Å². The molecule has 0 aliphatic heterocycles. The van der Waals surface area contributed by atoms with Crippen LogP contribution in [0.15, 0.2) is 18.2 Å². The van der Waals surface area contributed by atoms with Crippen LogP contribution in [0.25, 0.3) is 0 Å². The molecule has 0 aliphatic rings. The van der Waals surface area contributed by atoms with Gasteiger partial charge in [0.2, 0.25) is 0 Å². The summed E-state index contributed by atoms with van der Waals surface area (Å²) in [6, 6.07) is 4.91. The van der Waals surface area contributed by atoms with Crippen LogP contribution in [0.5, 0.6) is 5.75 Å². The molecular formula is C16H24FNO2. The van der Waals surface area contributed by atoms with E-state index in [1.165, 1.54) is 13.2 Å². The normalized spacial score (nSPS) is 12.8. The Morgan fingerprint density at radius 1 is 1.30 bits per heavy atom. The largest absolute Gasteiger partial charge is 0.494 e. The van der Waals surface area contributed by atoms with Crippen molar-refractivity contribution in [3.63, 3.8) is 0 Å². The minimum Gasteiger partial charge on any atom is -0.494 e. The summed E-state index contributed by atoms with van der Waals surface area (Å²) in [5.74, 6) is -0.443. The SMILES string of the molecule is COc1cc([C@@H](CNC(C)C)C(=O)C(C)C)ccc1F. The zero-order valence-corrected chi connectivity index (χ0v) is 12.9. The van der Waals surface area contributed by atoms with Crippen molar-refractivity contribution in [2.45, 2.75) is 39.7 Å². The van der Waals surface area contributed by atoms with Gasteiger partial charge in [0.05, 0.1) is 13.0 Å². The van der Waals surface area contributed by atoms with Crippen LogP contribution >= 0.6 is 0 Å². The first-order valence-electron chi connectivity index (χ1n) is 6.97. The Hall–Kier alpha value is -1.42. The van der Waals surface area contributed by atoms with Crippen molar-refractivity contribution in [1.82, 2.24) is 5.32 Å². The summed E-state index contributed by atoms with van der Waals surface area (Å²) in [7, 11) is 1.42. The lowest BCUT2D eigenvalue weighted by atomic mass is 9.88. The fraction of sp³-hybridized carbons (Fsp3) is 0.562. The summed E-state index contributed by atoms with van der Waals surface area (Å²) in [6.45, 7) is 8.37. The lowest BCUT2D eigenvalue weighted by Gasteiger charge is -2.21. The third-order valence-electron chi connectivity index (χ3n) is 3.22. The first-order chi connectivity index (χ1) is 9.36. The summed E-state index contributed by atoms with van der Waals surface area (Å²) in [4.78, 5) is 12.4. The second kappa shape index (κ2) is 7.39. The average Bonchev–Trinajstić information content (AvgIpc) is 2.39. The number of hydrogen-bond acceptors (Lipinski definition) is 3. The number of methoxy groups -OCH3 is 1. The van der Waals surface area contributed by atoms with Crippen LogP contribution in [0.2, 0.25) is 0 Å². The lowest BCUT2D eigenvalue weighted by molar-refractivity contribution is -0.123. The Labute approximate surface area is 120 Å². The van der Waals surface area contributed by atoms with Gasteiger partial charge in [-0.1, -0.05) is 33.8 Å². The Balaban J connectivity index is 3.06. The third-order valence-corrected chi connectivity index (χ3v) is 3.22. The van der Waals surface area contributed by atoms with Crippen LogP contribution in [-0.2, 0) is 4.79 Å². The van der Waals surface area contributed by atoms with Crippen molar-refractivity contribution in [3.05, 3.63) is 29.6 Å². The van der Waals surface area contributed by atoms with E-state index >= 15 is 0 Å². The molecule has 0 aliphatic carbocycles. The Morgan fingerprint density at radius 3 is 2.45 bits per heavy atom. The number of Topliss-reactive ketones (excluding diaryl/α,β-unsaturated/α-hetero) is 1. The summed E-state index contributed by atoms with van der Waals surface area (Å²) in [6.07, 6.45) is 0. The molecule has 0 saturated carbocycles. The molecule has 0 heterocycles. The number of ether oxygens (including phenoxy) is 1. The van der Waals surface area contributed by atoms with Crippen molar-refractivity contribution in [1.29, 1.82) is 0 Å². The van der Waals surface area contributed by atoms with E-state index in [1.807, 2.05) is 27.7 Å². The Bertz CT molecular complexity index is 458.